The van der Waals surface area contributed by atoms with Crippen LogP contribution in [0.5, 0.6) is 5.88 Å². The first kappa shape index (κ1) is 9.55. The molecule has 2 aromatic heterocycles. The molecule has 2 heterocycles. The number of ether oxygens (including phenoxy) is 1. The van der Waals surface area contributed by atoms with E-state index in [2.05, 4.69) is 10.2 Å². The molecule has 0 bridgehead atoms. The van der Waals surface area contributed by atoms with Gasteiger partial charge in [0.05, 0.1) is 16.5 Å². The molecule has 1 N–H and O–H groups in total. The number of thiophene rings is 1. The number of nitrogens with one attached hydrogen (secondary N) is 1. The number of alkyl halides is 1. The van der Waals surface area contributed by atoms with Crippen LogP contribution in [-0.2, 0) is 0 Å². The van der Waals surface area contributed by atoms with E-state index in [1.807, 2.05) is 23.6 Å². The predicted octanol–water partition coefficient (Wildman–Crippen LogP) is 2.76. The summed E-state index contributed by atoms with van der Waals surface area (Å²) in [4.78, 5) is 1.15. The molecule has 2 rings (SSSR count). The zero-order valence-electron chi connectivity index (χ0n) is 7.37. The number of nitrogens with zero attached hydrogens (tertiary/aromatic N) is 1. The Hall–Kier alpha value is -1.00. The lowest BCUT2D eigenvalue weighted by molar-refractivity contribution is 0.328. The number of aromatic nitrogens is 2. The van der Waals surface area contributed by atoms with Crippen LogP contribution in [0.25, 0.3) is 10.6 Å². The molecule has 0 aliphatic carbocycles. The molecule has 0 aliphatic rings. The first-order valence-corrected chi connectivity index (χ1v) is 5.59. The number of aromatic amines is 1. The van der Waals surface area contributed by atoms with Crippen molar-refractivity contribution < 1.29 is 4.74 Å². The zero-order valence-corrected chi connectivity index (χ0v) is 8.94. The van der Waals surface area contributed by atoms with E-state index in [0.717, 1.165) is 10.6 Å². The molecule has 0 atom stereocenters. The number of hydrogen-bond donors (Lipinski definition) is 1. The van der Waals surface area contributed by atoms with Crippen molar-refractivity contribution in [2.24, 2.45) is 0 Å². The SMILES string of the molecule is ClCCOc1cc(-c2cccs2)[nH]n1. The molecule has 0 aliphatic heterocycles. The summed E-state index contributed by atoms with van der Waals surface area (Å²) in [6, 6.07) is 5.90. The Labute approximate surface area is 90.7 Å². The lowest BCUT2D eigenvalue weighted by Gasteiger charge is -1.95. The molecular weight excluding hydrogens is 220 g/mol. The van der Waals surface area contributed by atoms with Crippen LogP contribution < -0.4 is 4.74 Å². The smallest absolute Gasteiger partial charge is 0.233 e. The standard InChI is InChI=1S/C9H9ClN2OS/c10-3-4-13-9-6-7(11-12-9)8-2-1-5-14-8/h1-2,5-6H,3-4H2,(H,11,12). The van der Waals surface area contributed by atoms with E-state index in [9.17, 15) is 0 Å². The highest BCUT2D eigenvalue weighted by Gasteiger charge is 2.04. The van der Waals surface area contributed by atoms with Gasteiger partial charge in [0, 0.05) is 6.07 Å². The second-order valence-corrected chi connectivity index (χ2v) is 3.96. The van der Waals surface area contributed by atoms with E-state index >= 15 is 0 Å². The number of rotatable bonds is 4. The quantitative estimate of drug-likeness (QED) is 0.818. The molecule has 74 valence electrons. The topological polar surface area (TPSA) is 37.9 Å². The van der Waals surface area contributed by atoms with Crippen LogP contribution in [0, 0.1) is 0 Å². The van der Waals surface area contributed by atoms with Crippen LogP contribution in [0.2, 0.25) is 0 Å². The minimum atomic E-state index is 0.473. The fourth-order valence-electron chi connectivity index (χ4n) is 1.08. The molecule has 3 nitrogen and oxygen atoms in total. The maximum absolute atomic E-state index is 5.50. The number of hydrogen-bond acceptors (Lipinski definition) is 3. The van der Waals surface area contributed by atoms with Crippen molar-refractivity contribution in [3.8, 4) is 16.5 Å². The van der Waals surface area contributed by atoms with E-state index in [0.29, 0.717) is 18.4 Å². The van der Waals surface area contributed by atoms with Crippen LogP contribution in [0.1, 0.15) is 0 Å². The summed E-state index contributed by atoms with van der Waals surface area (Å²) in [5, 5.41) is 8.94. The minimum Gasteiger partial charge on any atom is -0.475 e. The Bertz CT molecular complexity index is 385. The Balaban J connectivity index is 2.10. The van der Waals surface area contributed by atoms with Gasteiger partial charge in [0.15, 0.2) is 0 Å². The van der Waals surface area contributed by atoms with Crippen molar-refractivity contribution in [2.75, 3.05) is 12.5 Å². The Morgan fingerprint density at radius 2 is 2.50 bits per heavy atom. The maximum atomic E-state index is 5.50. The summed E-state index contributed by atoms with van der Waals surface area (Å²) in [7, 11) is 0. The van der Waals surface area contributed by atoms with Crippen molar-refractivity contribution in [3.05, 3.63) is 23.6 Å². The molecule has 0 radical (unpaired) electrons. The largest absolute Gasteiger partial charge is 0.475 e. The van der Waals surface area contributed by atoms with Crippen molar-refractivity contribution in [2.45, 2.75) is 0 Å². The third-order valence-corrected chi connectivity index (χ3v) is 2.73. The molecule has 14 heavy (non-hydrogen) atoms. The van der Waals surface area contributed by atoms with Gasteiger partial charge in [-0.3, -0.25) is 5.10 Å². The van der Waals surface area contributed by atoms with Gasteiger partial charge in [0.2, 0.25) is 5.88 Å². The van der Waals surface area contributed by atoms with E-state index in [-0.39, 0.29) is 0 Å². The van der Waals surface area contributed by atoms with Gasteiger partial charge in [0.1, 0.15) is 6.61 Å². The third kappa shape index (κ3) is 2.08. The molecule has 5 heteroatoms. The summed E-state index contributed by atoms with van der Waals surface area (Å²) in [6.45, 7) is 0.482. The van der Waals surface area contributed by atoms with Gasteiger partial charge >= 0.3 is 0 Å². The molecular formula is C9H9ClN2OS. The molecule has 0 fully saturated rings. The Morgan fingerprint density at radius 3 is 3.21 bits per heavy atom. The first-order chi connectivity index (χ1) is 6.90. The predicted molar refractivity (Wildman–Crippen MR) is 58.1 cm³/mol. The number of H-pyrrole nitrogens is 1. The van der Waals surface area contributed by atoms with Crippen molar-refractivity contribution in [1.82, 2.24) is 10.2 Å². The normalized spacial score (nSPS) is 10.4. The third-order valence-electron chi connectivity index (χ3n) is 1.67. The monoisotopic (exact) mass is 228 g/mol. The van der Waals surface area contributed by atoms with E-state index in [1.54, 1.807) is 11.3 Å². The van der Waals surface area contributed by atoms with Crippen LogP contribution in [0.15, 0.2) is 23.6 Å². The fraction of sp³-hybridized carbons (Fsp3) is 0.222. The van der Waals surface area contributed by atoms with Gasteiger partial charge in [-0.1, -0.05) is 6.07 Å². The van der Waals surface area contributed by atoms with Crippen LogP contribution in [0.3, 0.4) is 0 Å². The summed E-state index contributed by atoms with van der Waals surface area (Å²) >= 11 is 7.16. The molecule has 0 aromatic carbocycles. The van der Waals surface area contributed by atoms with E-state index < -0.39 is 0 Å². The van der Waals surface area contributed by atoms with Crippen molar-refractivity contribution in [1.29, 1.82) is 0 Å². The Kier molecular flexibility index (Phi) is 3.06. The van der Waals surface area contributed by atoms with Crippen molar-refractivity contribution in [3.63, 3.8) is 0 Å². The zero-order chi connectivity index (χ0) is 9.80. The molecule has 0 unspecified atom stereocenters. The summed E-state index contributed by atoms with van der Waals surface area (Å²) in [6.07, 6.45) is 0. The minimum absolute atomic E-state index is 0.473. The molecule has 0 spiro atoms. The van der Waals surface area contributed by atoms with Gasteiger partial charge in [0.25, 0.3) is 0 Å². The second kappa shape index (κ2) is 4.48. The summed E-state index contributed by atoms with van der Waals surface area (Å²) in [5.74, 6) is 1.07. The van der Waals surface area contributed by atoms with Crippen LogP contribution >= 0.6 is 22.9 Å². The highest BCUT2D eigenvalue weighted by Crippen LogP contribution is 2.24. The van der Waals surface area contributed by atoms with Gasteiger partial charge in [-0.2, -0.15) is 0 Å². The lowest BCUT2D eigenvalue weighted by atomic mass is 10.3. The van der Waals surface area contributed by atoms with E-state index in [1.165, 1.54) is 0 Å². The fourth-order valence-corrected chi connectivity index (χ4v) is 1.85. The van der Waals surface area contributed by atoms with E-state index in [4.69, 9.17) is 16.3 Å². The van der Waals surface area contributed by atoms with Gasteiger partial charge in [-0.25, -0.2) is 0 Å². The molecule has 2 aromatic rings. The molecule has 0 saturated carbocycles. The lowest BCUT2D eigenvalue weighted by Crippen LogP contribution is -1.97. The number of halogens is 1. The van der Waals surface area contributed by atoms with Crippen LogP contribution in [-0.4, -0.2) is 22.7 Å². The average molecular weight is 229 g/mol. The highest BCUT2D eigenvalue weighted by atomic mass is 35.5. The average Bonchev–Trinajstić information content (AvgIpc) is 2.85. The second-order valence-electron chi connectivity index (χ2n) is 2.63. The summed E-state index contributed by atoms with van der Waals surface area (Å²) in [5.41, 5.74) is 0.976. The maximum Gasteiger partial charge on any atom is 0.233 e. The Morgan fingerprint density at radius 1 is 1.57 bits per heavy atom. The van der Waals surface area contributed by atoms with Gasteiger partial charge in [-0.05, 0) is 11.4 Å². The van der Waals surface area contributed by atoms with Crippen LogP contribution in [0.4, 0.5) is 0 Å². The van der Waals surface area contributed by atoms with Gasteiger partial charge < -0.3 is 4.74 Å². The molecule has 0 saturated heterocycles. The molecule has 0 amide bonds. The summed E-state index contributed by atoms with van der Waals surface area (Å²) < 4.78 is 5.26. The highest BCUT2D eigenvalue weighted by molar-refractivity contribution is 7.13. The van der Waals surface area contributed by atoms with Gasteiger partial charge in [-0.15, -0.1) is 28.0 Å². The van der Waals surface area contributed by atoms with Crippen molar-refractivity contribution >= 4 is 22.9 Å². The first-order valence-electron chi connectivity index (χ1n) is 4.18.